The van der Waals surface area contributed by atoms with E-state index in [0.29, 0.717) is 17.6 Å². The van der Waals surface area contributed by atoms with Crippen molar-refractivity contribution < 1.29 is 22.8 Å². The lowest BCUT2D eigenvalue weighted by molar-refractivity contribution is -0.137. The van der Waals surface area contributed by atoms with Crippen LogP contribution in [0.15, 0.2) is 36.4 Å². The molecule has 1 aliphatic rings. The van der Waals surface area contributed by atoms with E-state index in [1.54, 1.807) is 0 Å². The van der Waals surface area contributed by atoms with Gasteiger partial charge in [-0.1, -0.05) is 23.7 Å². The molecule has 0 aliphatic carbocycles. The van der Waals surface area contributed by atoms with Crippen LogP contribution in [0.1, 0.15) is 33.5 Å². The molecule has 1 fully saturated rings. The molecule has 2 aromatic rings. The maximum Gasteiger partial charge on any atom is 0.416 e. The average molecular weight is 469 g/mol. The van der Waals surface area contributed by atoms with Gasteiger partial charge in [-0.2, -0.15) is 13.2 Å². The van der Waals surface area contributed by atoms with Gasteiger partial charge in [-0.25, -0.2) is 0 Å². The van der Waals surface area contributed by atoms with Crippen LogP contribution in [0.25, 0.3) is 0 Å². The number of benzene rings is 2. The van der Waals surface area contributed by atoms with Crippen molar-refractivity contribution in [1.82, 2.24) is 15.5 Å². The Morgan fingerprint density at radius 2 is 1.97 bits per heavy atom. The second-order valence-corrected chi connectivity index (χ2v) is 8.26. The number of likely N-dealkylation sites (tertiary alicyclic amines) is 1. The molecule has 10 heteroatoms. The molecule has 1 heterocycles. The van der Waals surface area contributed by atoms with Crippen LogP contribution in [0.4, 0.5) is 18.9 Å². The molecule has 0 aromatic heterocycles. The number of nitrogen functional groups attached to an aromatic ring is 1. The largest absolute Gasteiger partial charge is 0.416 e. The summed E-state index contributed by atoms with van der Waals surface area (Å²) in [5, 5.41) is 5.89. The number of nitrogens with one attached hydrogen (secondary N) is 2. The molecule has 6 nitrogen and oxygen atoms in total. The van der Waals surface area contributed by atoms with Crippen molar-refractivity contribution in [3.63, 3.8) is 0 Å². The lowest BCUT2D eigenvalue weighted by Gasteiger charge is -2.17. The van der Waals surface area contributed by atoms with Crippen molar-refractivity contribution in [3.05, 3.63) is 63.7 Å². The Bertz CT molecular complexity index is 1010. The molecule has 1 saturated heterocycles. The van der Waals surface area contributed by atoms with Gasteiger partial charge >= 0.3 is 6.18 Å². The average Bonchev–Trinajstić information content (AvgIpc) is 3.15. The van der Waals surface area contributed by atoms with Crippen LogP contribution >= 0.6 is 11.6 Å². The summed E-state index contributed by atoms with van der Waals surface area (Å²) in [6, 6.07) is 8.28. The number of rotatable bonds is 6. The molecule has 0 spiro atoms. The van der Waals surface area contributed by atoms with Crippen molar-refractivity contribution in [1.29, 1.82) is 0 Å². The first-order valence-corrected chi connectivity index (χ1v) is 10.4. The van der Waals surface area contributed by atoms with E-state index in [1.807, 2.05) is 25.1 Å². The smallest absolute Gasteiger partial charge is 0.398 e. The highest BCUT2D eigenvalue weighted by atomic mass is 35.5. The van der Waals surface area contributed by atoms with Gasteiger partial charge in [0.15, 0.2) is 0 Å². The minimum atomic E-state index is -4.60. The first kappa shape index (κ1) is 23.9. The van der Waals surface area contributed by atoms with Gasteiger partial charge in [0.25, 0.3) is 5.91 Å². The summed E-state index contributed by atoms with van der Waals surface area (Å²) in [6.07, 6.45) is -3.84. The Morgan fingerprint density at radius 1 is 1.22 bits per heavy atom. The van der Waals surface area contributed by atoms with E-state index in [0.717, 1.165) is 42.8 Å². The van der Waals surface area contributed by atoms with Gasteiger partial charge in [-0.3, -0.25) is 14.5 Å². The van der Waals surface area contributed by atoms with E-state index < -0.39 is 23.6 Å². The van der Waals surface area contributed by atoms with Crippen LogP contribution < -0.4 is 16.4 Å². The Balaban J connectivity index is 1.48. The molecule has 0 saturated carbocycles. The maximum atomic E-state index is 12.9. The lowest BCUT2D eigenvalue weighted by atomic mass is 10.1. The van der Waals surface area contributed by atoms with Gasteiger partial charge < -0.3 is 16.4 Å². The number of aryl methyl sites for hydroxylation is 1. The Hall–Kier alpha value is -2.78. The topological polar surface area (TPSA) is 87.5 Å². The Morgan fingerprint density at radius 3 is 2.66 bits per heavy atom. The molecule has 172 valence electrons. The Labute approximate surface area is 188 Å². The number of anilines is 1. The summed E-state index contributed by atoms with van der Waals surface area (Å²) >= 11 is 6.06. The van der Waals surface area contributed by atoms with E-state index in [9.17, 15) is 22.8 Å². The van der Waals surface area contributed by atoms with Crippen molar-refractivity contribution >= 4 is 29.1 Å². The minimum absolute atomic E-state index is 0.0774. The van der Waals surface area contributed by atoms with Crippen LogP contribution in [-0.4, -0.2) is 42.4 Å². The van der Waals surface area contributed by atoms with E-state index >= 15 is 0 Å². The number of amides is 2. The molecule has 2 aromatic carbocycles. The van der Waals surface area contributed by atoms with Crippen molar-refractivity contribution in [2.45, 2.75) is 32.1 Å². The third-order valence-electron chi connectivity index (χ3n) is 5.30. The number of nitrogens with two attached hydrogens (primary N) is 1. The van der Waals surface area contributed by atoms with Crippen LogP contribution in [-0.2, 0) is 17.5 Å². The predicted octanol–water partition coefficient (Wildman–Crippen LogP) is 3.37. The normalized spacial score (nSPS) is 16.7. The molecule has 3 rings (SSSR count). The zero-order valence-electron chi connectivity index (χ0n) is 17.4. The van der Waals surface area contributed by atoms with E-state index in [-0.39, 0.29) is 23.8 Å². The molecular formula is C22H24ClF3N4O2. The molecule has 32 heavy (non-hydrogen) atoms. The SMILES string of the molecule is Cc1cc(CN2CCC(NC(=O)CNC(=O)c3cc(C(F)(F)F)ccc3N)C2)ccc1Cl. The second-order valence-electron chi connectivity index (χ2n) is 7.85. The molecule has 1 unspecified atom stereocenters. The third kappa shape index (κ3) is 6.14. The number of halogens is 4. The van der Waals surface area contributed by atoms with Gasteiger partial charge in [0.1, 0.15) is 0 Å². The lowest BCUT2D eigenvalue weighted by Crippen LogP contribution is -2.43. The predicted molar refractivity (Wildman–Crippen MR) is 116 cm³/mol. The number of nitrogens with zero attached hydrogens (tertiary/aromatic N) is 1. The van der Waals surface area contributed by atoms with Crippen LogP contribution in [0.5, 0.6) is 0 Å². The van der Waals surface area contributed by atoms with E-state index in [2.05, 4.69) is 15.5 Å². The maximum absolute atomic E-state index is 12.9. The van der Waals surface area contributed by atoms with Crippen LogP contribution in [0, 0.1) is 6.92 Å². The number of hydrogen-bond acceptors (Lipinski definition) is 4. The standard InChI is InChI=1S/C22H24ClF3N4O2/c1-13-8-14(2-4-18(13)23)11-30-7-6-16(12-30)29-20(31)10-28-21(32)17-9-15(22(24,25)26)3-5-19(17)27/h2-5,8-9,16H,6-7,10-12,27H2,1H3,(H,28,32)(H,29,31). The highest BCUT2D eigenvalue weighted by molar-refractivity contribution is 6.31. The summed E-state index contributed by atoms with van der Waals surface area (Å²) in [4.78, 5) is 26.7. The zero-order chi connectivity index (χ0) is 23.5. The summed E-state index contributed by atoms with van der Waals surface area (Å²) in [5.41, 5.74) is 6.36. The minimum Gasteiger partial charge on any atom is -0.398 e. The Kier molecular flexibility index (Phi) is 7.30. The molecule has 2 amide bonds. The fourth-order valence-electron chi connectivity index (χ4n) is 3.62. The highest BCUT2D eigenvalue weighted by Gasteiger charge is 2.31. The number of carbonyl (C=O) groups excluding carboxylic acids is 2. The molecular weight excluding hydrogens is 445 g/mol. The number of carbonyl (C=O) groups is 2. The van der Waals surface area contributed by atoms with Crippen LogP contribution in [0.2, 0.25) is 5.02 Å². The molecule has 1 aliphatic heterocycles. The third-order valence-corrected chi connectivity index (χ3v) is 5.72. The van der Waals surface area contributed by atoms with Gasteiger partial charge in [0.2, 0.25) is 5.91 Å². The summed E-state index contributed by atoms with van der Waals surface area (Å²) in [6.45, 7) is 3.78. The van der Waals surface area contributed by atoms with Gasteiger partial charge in [-0.05, 0) is 48.7 Å². The molecule has 0 bridgehead atoms. The van der Waals surface area contributed by atoms with Crippen molar-refractivity contribution in [2.24, 2.45) is 0 Å². The van der Waals surface area contributed by atoms with E-state index in [4.69, 9.17) is 17.3 Å². The monoisotopic (exact) mass is 468 g/mol. The first-order chi connectivity index (χ1) is 15.0. The summed E-state index contributed by atoms with van der Waals surface area (Å²) in [5.74, 6) is -1.26. The van der Waals surface area contributed by atoms with Gasteiger partial charge in [0, 0.05) is 36.4 Å². The summed E-state index contributed by atoms with van der Waals surface area (Å²) < 4.78 is 38.6. The molecule has 0 radical (unpaired) electrons. The van der Waals surface area contributed by atoms with Crippen molar-refractivity contribution in [3.8, 4) is 0 Å². The molecule has 1 atom stereocenters. The number of alkyl halides is 3. The fourth-order valence-corrected chi connectivity index (χ4v) is 3.74. The van der Waals surface area contributed by atoms with Crippen LogP contribution in [0.3, 0.4) is 0 Å². The quantitative estimate of drug-likeness (QED) is 0.567. The molecule has 4 N–H and O–H groups in total. The fraction of sp³-hybridized carbons (Fsp3) is 0.364. The second kappa shape index (κ2) is 9.79. The number of hydrogen-bond donors (Lipinski definition) is 3. The van der Waals surface area contributed by atoms with Gasteiger partial charge in [-0.15, -0.1) is 0 Å². The van der Waals surface area contributed by atoms with E-state index in [1.165, 1.54) is 0 Å². The van der Waals surface area contributed by atoms with Gasteiger partial charge in [0.05, 0.1) is 17.7 Å². The highest BCUT2D eigenvalue weighted by Crippen LogP contribution is 2.31. The summed E-state index contributed by atoms with van der Waals surface area (Å²) in [7, 11) is 0. The van der Waals surface area contributed by atoms with Crippen molar-refractivity contribution in [2.75, 3.05) is 25.4 Å². The first-order valence-electron chi connectivity index (χ1n) is 10.0. The zero-order valence-corrected chi connectivity index (χ0v) is 18.2.